The lowest BCUT2D eigenvalue weighted by Gasteiger charge is -2.02. The summed E-state index contributed by atoms with van der Waals surface area (Å²) in [6.45, 7) is 19.2. The van der Waals surface area contributed by atoms with Crippen LogP contribution in [0.1, 0.15) is 87.3 Å². The van der Waals surface area contributed by atoms with Gasteiger partial charge in [-0.05, 0) is 34.1 Å². The van der Waals surface area contributed by atoms with E-state index in [9.17, 15) is 8.78 Å². The van der Waals surface area contributed by atoms with Gasteiger partial charge in [0.25, 0.3) is 0 Å². The average Bonchev–Trinajstić information content (AvgIpc) is 2.61. The van der Waals surface area contributed by atoms with Gasteiger partial charge >= 0.3 is 0 Å². The minimum absolute atomic E-state index is 0.0515. The Morgan fingerprint density at radius 2 is 1.56 bits per heavy atom. The van der Waals surface area contributed by atoms with Crippen LogP contribution in [0.2, 0.25) is 0 Å². The number of allylic oxidation sites excluding steroid dienone is 3. The summed E-state index contributed by atoms with van der Waals surface area (Å²) in [5, 5.41) is 0. The van der Waals surface area contributed by atoms with Crippen molar-refractivity contribution in [2.24, 2.45) is 0 Å². The van der Waals surface area contributed by atoms with E-state index in [0.29, 0.717) is 6.61 Å². The van der Waals surface area contributed by atoms with Gasteiger partial charge in [0, 0.05) is 6.07 Å². The molecule has 0 aliphatic rings. The highest BCUT2D eigenvalue weighted by molar-refractivity contribution is 5.07. The van der Waals surface area contributed by atoms with Gasteiger partial charge in [-0.25, -0.2) is 8.78 Å². The molecule has 158 valence electrons. The maximum Gasteiger partial charge on any atom is 0.150 e. The predicted molar refractivity (Wildman–Crippen MR) is 115 cm³/mol. The first-order chi connectivity index (χ1) is 12.7. The molecule has 1 rings (SSSR count). The van der Waals surface area contributed by atoms with Gasteiger partial charge in [-0.2, -0.15) is 0 Å². The molecule has 0 N–H and O–H groups in total. The second-order valence-electron chi connectivity index (χ2n) is 6.28. The zero-order valence-corrected chi connectivity index (χ0v) is 19.0. The van der Waals surface area contributed by atoms with E-state index in [4.69, 9.17) is 4.74 Å². The van der Waals surface area contributed by atoms with Crippen molar-refractivity contribution >= 4 is 0 Å². The molecule has 0 spiro atoms. The van der Waals surface area contributed by atoms with Crippen LogP contribution < -0.4 is 0 Å². The first kappa shape index (κ1) is 30.2. The van der Waals surface area contributed by atoms with E-state index in [0.717, 1.165) is 17.8 Å². The Labute approximate surface area is 166 Å². The summed E-state index contributed by atoms with van der Waals surface area (Å²) in [4.78, 5) is 3.60. The minimum Gasteiger partial charge on any atom is -0.371 e. The Balaban J connectivity index is -0.000000397. The lowest BCUT2D eigenvalue weighted by molar-refractivity contribution is 0.142. The van der Waals surface area contributed by atoms with E-state index in [1.165, 1.54) is 24.8 Å². The Morgan fingerprint density at radius 1 is 1.04 bits per heavy atom. The molecule has 27 heavy (non-hydrogen) atoms. The van der Waals surface area contributed by atoms with Crippen molar-refractivity contribution < 1.29 is 13.5 Å². The maximum atomic E-state index is 13.0. The van der Waals surface area contributed by atoms with Gasteiger partial charge in [0.2, 0.25) is 0 Å². The van der Waals surface area contributed by atoms with Crippen LogP contribution in [-0.4, -0.2) is 11.6 Å². The quantitative estimate of drug-likeness (QED) is 0.378. The molecule has 2 nitrogen and oxygen atoms in total. The van der Waals surface area contributed by atoms with Gasteiger partial charge in [0.15, 0.2) is 0 Å². The van der Waals surface area contributed by atoms with E-state index in [1.807, 2.05) is 19.9 Å². The van der Waals surface area contributed by atoms with Crippen molar-refractivity contribution in [3.63, 3.8) is 0 Å². The molecule has 0 radical (unpaired) electrons. The molecule has 0 aliphatic carbocycles. The molecule has 1 heterocycles. The molecule has 0 aliphatic heterocycles. The van der Waals surface area contributed by atoms with E-state index >= 15 is 0 Å². The summed E-state index contributed by atoms with van der Waals surface area (Å²) >= 11 is 0. The molecule has 1 aromatic heterocycles. The van der Waals surface area contributed by atoms with Crippen molar-refractivity contribution in [1.82, 2.24) is 4.98 Å². The van der Waals surface area contributed by atoms with Gasteiger partial charge in [-0.1, -0.05) is 70.8 Å². The summed E-state index contributed by atoms with van der Waals surface area (Å²) in [5.74, 6) is -1.35. The number of ether oxygens (including phenoxy) is 1. The lowest BCUT2D eigenvalue weighted by atomic mass is 10.2. The average molecular weight is 386 g/mol. The highest BCUT2D eigenvalue weighted by Gasteiger charge is 2.04. The van der Waals surface area contributed by atoms with Crippen LogP contribution >= 0.6 is 0 Å². The Bertz CT molecular complexity index is 505. The third-order valence-corrected chi connectivity index (χ3v) is 2.78. The first-order valence-corrected chi connectivity index (χ1v) is 9.86. The Hall–Kier alpha value is -1.55. The highest BCUT2D eigenvalue weighted by atomic mass is 19.1. The van der Waals surface area contributed by atoms with E-state index < -0.39 is 11.6 Å². The lowest BCUT2D eigenvalue weighted by Crippen LogP contribution is -2.00. The van der Waals surface area contributed by atoms with Gasteiger partial charge in [0.1, 0.15) is 17.3 Å². The highest BCUT2D eigenvalue weighted by Crippen LogP contribution is 2.07. The van der Waals surface area contributed by atoms with Crippen LogP contribution in [0.5, 0.6) is 0 Å². The molecule has 1 aromatic rings. The molecular formula is C23H41F2NO. The molecule has 0 fully saturated rings. The second-order valence-corrected chi connectivity index (χ2v) is 6.28. The fourth-order valence-corrected chi connectivity index (χ4v) is 1.13. The maximum absolute atomic E-state index is 13.0. The van der Waals surface area contributed by atoms with Gasteiger partial charge < -0.3 is 4.74 Å². The SMILES string of the molecule is C/C=C(/C)CC.CC(C)=CCOCc1ncc(F)cc1F.CCC.CCC. The Morgan fingerprint density at radius 3 is 1.89 bits per heavy atom. The number of rotatable bonds is 5. The molecular weight excluding hydrogens is 344 g/mol. The molecule has 0 atom stereocenters. The molecule has 0 unspecified atom stereocenters. The van der Waals surface area contributed by atoms with Crippen LogP contribution in [0.4, 0.5) is 8.78 Å². The third-order valence-electron chi connectivity index (χ3n) is 2.78. The van der Waals surface area contributed by atoms with Crippen molar-refractivity contribution in [2.75, 3.05) is 6.61 Å². The summed E-state index contributed by atoms with van der Waals surface area (Å²) in [6.07, 6.45) is 8.68. The second kappa shape index (κ2) is 22.5. The summed E-state index contributed by atoms with van der Waals surface area (Å²) in [6, 6.07) is 0.798. The number of aromatic nitrogens is 1. The van der Waals surface area contributed by atoms with Crippen molar-refractivity contribution in [3.05, 3.63) is 52.9 Å². The van der Waals surface area contributed by atoms with Crippen molar-refractivity contribution in [1.29, 1.82) is 0 Å². The topological polar surface area (TPSA) is 22.1 Å². The molecule has 0 saturated heterocycles. The van der Waals surface area contributed by atoms with E-state index in [1.54, 1.807) is 0 Å². The van der Waals surface area contributed by atoms with Crippen LogP contribution in [-0.2, 0) is 11.3 Å². The number of halogens is 2. The third kappa shape index (κ3) is 24.4. The number of pyridine rings is 1. The Kier molecular flexibility index (Phi) is 25.1. The summed E-state index contributed by atoms with van der Waals surface area (Å²) in [5.41, 5.74) is 2.72. The summed E-state index contributed by atoms with van der Waals surface area (Å²) < 4.78 is 30.7. The fourth-order valence-electron chi connectivity index (χ4n) is 1.13. The molecule has 0 bridgehead atoms. The normalized spacial score (nSPS) is 9.67. The summed E-state index contributed by atoms with van der Waals surface area (Å²) in [7, 11) is 0. The minimum atomic E-state index is -0.680. The molecule has 4 heteroatoms. The van der Waals surface area contributed by atoms with Crippen LogP contribution in [0, 0.1) is 11.6 Å². The molecule has 0 saturated carbocycles. The van der Waals surface area contributed by atoms with E-state index in [2.05, 4.69) is 59.5 Å². The van der Waals surface area contributed by atoms with E-state index in [-0.39, 0.29) is 12.3 Å². The fraction of sp³-hybridized carbons (Fsp3) is 0.609. The number of hydrogen-bond donors (Lipinski definition) is 0. The standard InChI is InChI=1S/C11H13F2NO.C6H12.2C3H8/c1-8(2)3-4-15-7-11-10(13)5-9(12)6-14-11;1-4-6(3)5-2;2*1-3-2/h3,5-6H,4,7H2,1-2H3;4H,5H2,1-3H3;2*3H2,1-2H3/b;6-4-;;. The van der Waals surface area contributed by atoms with Crippen molar-refractivity contribution in [2.45, 2.75) is 88.2 Å². The first-order valence-electron chi connectivity index (χ1n) is 9.86. The zero-order chi connectivity index (χ0) is 21.7. The largest absolute Gasteiger partial charge is 0.371 e. The monoisotopic (exact) mass is 385 g/mol. The van der Waals surface area contributed by atoms with Crippen LogP contribution in [0.15, 0.2) is 35.6 Å². The number of hydrogen-bond acceptors (Lipinski definition) is 2. The molecule has 0 aromatic carbocycles. The van der Waals surface area contributed by atoms with Crippen LogP contribution in [0.25, 0.3) is 0 Å². The smallest absolute Gasteiger partial charge is 0.150 e. The molecule has 0 amide bonds. The van der Waals surface area contributed by atoms with Gasteiger partial charge in [-0.15, -0.1) is 0 Å². The van der Waals surface area contributed by atoms with Gasteiger partial charge in [-0.3, -0.25) is 4.98 Å². The van der Waals surface area contributed by atoms with Crippen molar-refractivity contribution in [3.8, 4) is 0 Å². The zero-order valence-electron chi connectivity index (χ0n) is 19.0. The number of nitrogens with zero attached hydrogens (tertiary/aromatic N) is 1. The van der Waals surface area contributed by atoms with Gasteiger partial charge in [0.05, 0.1) is 19.4 Å². The van der Waals surface area contributed by atoms with Crippen LogP contribution in [0.3, 0.4) is 0 Å². The predicted octanol–water partition coefficient (Wildman–Crippen LogP) is 8.04.